The van der Waals surface area contributed by atoms with Crippen LogP contribution in [0.2, 0.25) is 0 Å². The fraction of sp³-hybridized carbons (Fsp3) is 0.571. The molecule has 3 nitrogen and oxygen atoms in total. The Kier molecular flexibility index (Phi) is 4.53. The maximum Gasteiger partial charge on any atom is 0.510 e. The van der Waals surface area contributed by atoms with Crippen LogP contribution in [0.1, 0.15) is 22.3 Å². The summed E-state index contributed by atoms with van der Waals surface area (Å²) in [6.45, 7) is 3.77. The Bertz CT molecular complexity index is 537. The van der Waals surface area contributed by atoms with Crippen molar-refractivity contribution in [2.24, 2.45) is 0 Å². The second kappa shape index (κ2) is 5.89. The van der Waals surface area contributed by atoms with E-state index >= 15 is 0 Å². The van der Waals surface area contributed by atoms with Crippen LogP contribution in [0.25, 0.3) is 0 Å². The van der Waals surface area contributed by atoms with Gasteiger partial charge in [0.15, 0.2) is 0 Å². The number of nitrogens with one attached hydrogen (secondary N) is 1. The first-order chi connectivity index (χ1) is 9.73. The van der Waals surface area contributed by atoms with Gasteiger partial charge in [-0.15, -0.1) is 5.46 Å². The summed E-state index contributed by atoms with van der Waals surface area (Å²) in [6.07, 6.45) is 0. The Morgan fingerprint density at radius 3 is 2.14 bits per heavy atom. The molecule has 0 radical (unpaired) electrons. The van der Waals surface area contributed by atoms with Gasteiger partial charge in [-0.25, -0.2) is 0 Å². The average molecular weight is 300 g/mol. The van der Waals surface area contributed by atoms with E-state index in [1.54, 1.807) is 6.92 Å². The van der Waals surface area contributed by atoms with Crippen molar-refractivity contribution in [3.05, 3.63) is 22.3 Å². The van der Waals surface area contributed by atoms with E-state index in [-0.39, 0.29) is 11.3 Å². The number of rotatable bonds is 3. The van der Waals surface area contributed by atoms with Gasteiger partial charge in [0, 0.05) is 38.4 Å². The molecule has 7 heteroatoms. The lowest BCUT2D eigenvalue weighted by molar-refractivity contribution is 0.232. The highest BCUT2D eigenvalue weighted by Crippen LogP contribution is 2.28. The molecular weight excluding hydrogens is 278 g/mol. The first kappa shape index (κ1) is 16.2. The van der Waals surface area contributed by atoms with Crippen molar-refractivity contribution in [2.45, 2.75) is 27.3 Å². The molecule has 0 amide bonds. The number of anilines is 1. The van der Waals surface area contributed by atoms with Gasteiger partial charge in [0.25, 0.3) is 0 Å². The maximum absolute atomic E-state index is 13.4. The monoisotopic (exact) mass is 300 g/mol. The van der Waals surface area contributed by atoms with Crippen LogP contribution in [0.4, 0.5) is 18.6 Å². The van der Waals surface area contributed by atoms with Gasteiger partial charge in [-0.2, -0.15) is 0 Å². The molecule has 118 valence electrons. The van der Waals surface area contributed by atoms with E-state index in [2.05, 4.69) is 10.2 Å². The third kappa shape index (κ3) is 3.19. The molecule has 1 aliphatic rings. The molecule has 0 aromatic heterocycles. The van der Waals surface area contributed by atoms with Crippen LogP contribution in [0.5, 0.6) is 0 Å². The third-order valence-corrected chi connectivity index (χ3v) is 4.44. The molecule has 1 aromatic carbocycles. The Labute approximate surface area is 123 Å². The number of hydrogen-bond donors (Lipinski definition) is 2. The first-order valence-electron chi connectivity index (χ1n) is 7.24. The molecule has 1 aliphatic heterocycles. The molecule has 1 heterocycles. The second-order valence-electron chi connectivity index (χ2n) is 5.78. The number of nitrogens with zero attached hydrogens (tertiary/aromatic N) is 1. The van der Waals surface area contributed by atoms with E-state index < -0.39 is 12.4 Å². The Hall–Kier alpha value is -1.21. The minimum Gasteiger partial charge on any atom is -0.445 e. The largest absolute Gasteiger partial charge is 0.510 e. The van der Waals surface area contributed by atoms with Crippen molar-refractivity contribution < 1.29 is 12.9 Å². The van der Waals surface area contributed by atoms with E-state index in [0.29, 0.717) is 12.1 Å². The Morgan fingerprint density at radius 2 is 1.62 bits per heavy atom. The van der Waals surface area contributed by atoms with Crippen LogP contribution in [0, 0.1) is 20.8 Å². The Morgan fingerprint density at radius 1 is 1.05 bits per heavy atom. The highest BCUT2D eigenvalue weighted by Gasteiger charge is 2.32. The molecule has 0 aliphatic carbocycles. The quantitative estimate of drug-likeness (QED) is 0.659. The van der Waals surface area contributed by atoms with E-state index in [4.69, 9.17) is 5.73 Å². The minimum absolute atomic E-state index is 0.168. The molecule has 3 N–H and O–H groups in total. The van der Waals surface area contributed by atoms with E-state index in [0.717, 1.165) is 37.3 Å². The van der Waals surface area contributed by atoms with Gasteiger partial charge < -0.3 is 24.0 Å². The van der Waals surface area contributed by atoms with Crippen molar-refractivity contribution >= 4 is 18.1 Å². The van der Waals surface area contributed by atoms with Crippen LogP contribution in [0.15, 0.2) is 0 Å². The molecule has 1 fully saturated rings. The normalized spacial score (nSPS) is 17.2. The van der Waals surface area contributed by atoms with Gasteiger partial charge in [-0.05, 0) is 31.9 Å². The summed E-state index contributed by atoms with van der Waals surface area (Å²) < 4.78 is 40.1. The standard InChI is InChI=1S/C14H22BF3N3/c1-9-12(8-21-6-4-20-5-7-21)10(2)14(19)11(3)13(9)15(16,17)18/h20H,4-8,19H2,1-3H3/q-1. The van der Waals surface area contributed by atoms with E-state index in [1.165, 1.54) is 6.92 Å². The summed E-state index contributed by atoms with van der Waals surface area (Å²) in [4.78, 5) is 2.17. The van der Waals surface area contributed by atoms with Gasteiger partial charge >= 0.3 is 6.98 Å². The van der Waals surface area contributed by atoms with Gasteiger partial charge in [-0.1, -0.05) is 11.1 Å². The summed E-state index contributed by atoms with van der Waals surface area (Å²) >= 11 is 0. The lowest BCUT2D eigenvalue weighted by Gasteiger charge is -2.31. The van der Waals surface area contributed by atoms with Crippen LogP contribution >= 0.6 is 0 Å². The van der Waals surface area contributed by atoms with Crippen LogP contribution in [0.3, 0.4) is 0 Å². The van der Waals surface area contributed by atoms with E-state index in [1.807, 2.05) is 6.92 Å². The molecule has 0 unspecified atom stereocenters. The zero-order chi connectivity index (χ0) is 15.8. The van der Waals surface area contributed by atoms with Gasteiger partial charge in [0.2, 0.25) is 0 Å². The third-order valence-electron chi connectivity index (χ3n) is 4.44. The second-order valence-corrected chi connectivity index (χ2v) is 5.78. The molecule has 0 spiro atoms. The first-order valence-corrected chi connectivity index (χ1v) is 7.24. The SMILES string of the molecule is Cc1c(N)c(C)c([B-](F)(F)F)c(C)c1CN1CCNCC1. The molecule has 0 bridgehead atoms. The van der Waals surface area contributed by atoms with Gasteiger partial charge in [0.1, 0.15) is 0 Å². The predicted molar refractivity (Wildman–Crippen MR) is 81.9 cm³/mol. The maximum atomic E-state index is 13.4. The average Bonchev–Trinajstić information content (AvgIpc) is 2.41. The summed E-state index contributed by atoms with van der Waals surface area (Å²) in [5.74, 6) is 0. The van der Waals surface area contributed by atoms with Crippen molar-refractivity contribution in [2.75, 3.05) is 31.9 Å². The number of halogens is 3. The lowest BCUT2D eigenvalue weighted by atomic mass is 9.71. The number of benzene rings is 1. The summed E-state index contributed by atoms with van der Waals surface area (Å²) in [5.41, 5.74) is 7.72. The van der Waals surface area contributed by atoms with Crippen molar-refractivity contribution in [3.63, 3.8) is 0 Å². The van der Waals surface area contributed by atoms with Crippen LogP contribution in [-0.2, 0) is 6.54 Å². The zero-order valence-electron chi connectivity index (χ0n) is 12.8. The number of nitrogen functional groups attached to an aromatic ring is 1. The molecular formula is C14H22BF3N3-. The van der Waals surface area contributed by atoms with Gasteiger partial charge in [-0.3, -0.25) is 4.90 Å². The highest BCUT2D eigenvalue weighted by molar-refractivity contribution is 6.74. The highest BCUT2D eigenvalue weighted by atomic mass is 19.4. The zero-order valence-corrected chi connectivity index (χ0v) is 12.8. The lowest BCUT2D eigenvalue weighted by Crippen LogP contribution is -2.44. The van der Waals surface area contributed by atoms with Crippen molar-refractivity contribution in [1.29, 1.82) is 0 Å². The van der Waals surface area contributed by atoms with Gasteiger partial charge in [0.05, 0.1) is 0 Å². The number of piperazine rings is 1. The van der Waals surface area contributed by atoms with E-state index in [9.17, 15) is 12.9 Å². The summed E-state index contributed by atoms with van der Waals surface area (Å²) in [6, 6.07) is 0. The fourth-order valence-corrected chi connectivity index (χ4v) is 3.13. The Balaban J connectivity index is 2.47. The molecule has 0 atom stereocenters. The summed E-state index contributed by atoms with van der Waals surface area (Å²) in [5, 5.41) is 3.24. The predicted octanol–water partition coefficient (Wildman–Crippen LogP) is 1.65. The van der Waals surface area contributed by atoms with Crippen molar-refractivity contribution in [1.82, 2.24) is 10.2 Å². The molecule has 1 saturated heterocycles. The number of hydrogen-bond acceptors (Lipinski definition) is 3. The molecule has 1 aromatic rings. The summed E-state index contributed by atoms with van der Waals surface area (Å²) in [7, 11) is 0. The molecule has 2 rings (SSSR count). The fourth-order valence-electron chi connectivity index (χ4n) is 3.13. The molecule has 0 saturated carbocycles. The smallest absolute Gasteiger partial charge is 0.445 e. The number of nitrogens with two attached hydrogens (primary N) is 1. The molecule has 21 heavy (non-hydrogen) atoms. The topological polar surface area (TPSA) is 41.3 Å². The van der Waals surface area contributed by atoms with Crippen LogP contribution < -0.4 is 16.5 Å². The minimum atomic E-state index is -5.05. The van der Waals surface area contributed by atoms with Crippen LogP contribution in [-0.4, -0.2) is 38.1 Å². The van der Waals surface area contributed by atoms with Crippen molar-refractivity contribution in [3.8, 4) is 0 Å².